The summed E-state index contributed by atoms with van der Waals surface area (Å²) in [6, 6.07) is 0. The molecule has 0 fully saturated rings. The molecule has 62 valence electrons. The molecule has 0 saturated carbocycles. The molecule has 0 unspecified atom stereocenters. The Balaban J connectivity index is 2.18. The van der Waals surface area contributed by atoms with Crippen molar-refractivity contribution in [1.82, 2.24) is 0 Å². The molecule has 1 heteroatoms. The summed E-state index contributed by atoms with van der Waals surface area (Å²) in [5, 5.41) is 0. The van der Waals surface area contributed by atoms with Gasteiger partial charge in [0, 0.05) is 5.70 Å². The standard InChI is InChI=1S/C10H17N/c1-3-4-5-6-10(11)9-7-8(9)2/h7H,3-6,11H2,1-2H3/b10-9-. The lowest BCUT2D eigenvalue weighted by molar-refractivity contribution is 0.709. The first-order chi connectivity index (χ1) is 5.25. The Kier molecular flexibility index (Phi) is 2.75. The van der Waals surface area contributed by atoms with Crippen molar-refractivity contribution in [2.24, 2.45) is 5.73 Å². The van der Waals surface area contributed by atoms with E-state index in [1.54, 1.807) is 0 Å². The number of allylic oxidation sites excluding steroid dienone is 4. The second-order valence-corrected chi connectivity index (χ2v) is 3.22. The molecule has 0 radical (unpaired) electrons. The Morgan fingerprint density at radius 3 is 2.55 bits per heavy atom. The zero-order chi connectivity index (χ0) is 8.27. The summed E-state index contributed by atoms with van der Waals surface area (Å²) >= 11 is 0. The summed E-state index contributed by atoms with van der Waals surface area (Å²) in [6.45, 7) is 4.33. The molecule has 0 heterocycles. The van der Waals surface area contributed by atoms with E-state index in [0.29, 0.717) is 0 Å². The molecule has 0 aromatic carbocycles. The van der Waals surface area contributed by atoms with Gasteiger partial charge in [-0.1, -0.05) is 19.8 Å². The smallest absolute Gasteiger partial charge is 0.0157 e. The highest BCUT2D eigenvalue weighted by atomic mass is 14.6. The van der Waals surface area contributed by atoms with Gasteiger partial charge in [-0.3, -0.25) is 0 Å². The van der Waals surface area contributed by atoms with Gasteiger partial charge in [-0.05, 0) is 37.0 Å². The molecular formula is C10H17N. The highest BCUT2D eigenvalue weighted by molar-refractivity contribution is 5.57. The minimum atomic E-state index is 1.08. The molecule has 0 bridgehead atoms. The predicted molar refractivity (Wildman–Crippen MR) is 49.1 cm³/mol. The van der Waals surface area contributed by atoms with Crippen LogP contribution in [0.2, 0.25) is 0 Å². The third kappa shape index (κ3) is 2.41. The highest BCUT2D eigenvalue weighted by Crippen LogP contribution is 2.29. The van der Waals surface area contributed by atoms with Crippen LogP contribution in [0.5, 0.6) is 0 Å². The largest absolute Gasteiger partial charge is 0.402 e. The molecule has 1 aliphatic carbocycles. The Bertz CT molecular complexity index is 199. The minimum absolute atomic E-state index is 1.08. The lowest BCUT2D eigenvalue weighted by Crippen LogP contribution is -1.97. The van der Waals surface area contributed by atoms with Crippen LogP contribution in [0, 0.1) is 0 Å². The van der Waals surface area contributed by atoms with Crippen LogP contribution in [0.1, 0.15) is 39.5 Å². The molecule has 0 amide bonds. The van der Waals surface area contributed by atoms with Crippen LogP contribution in [0.25, 0.3) is 0 Å². The van der Waals surface area contributed by atoms with Crippen molar-refractivity contribution in [2.75, 3.05) is 0 Å². The molecule has 2 N–H and O–H groups in total. The average molecular weight is 151 g/mol. The van der Waals surface area contributed by atoms with Gasteiger partial charge in [0.05, 0.1) is 0 Å². The first-order valence-corrected chi connectivity index (χ1v) is 4.43. The van der Waals surface area contributed by atoms with E-state index in [-0.39, 0.29) is 0 Å². The fourth-order valence-corrected chi connectivity index (χ4v) is 1.23. The van der Waals surface area contributed by atoms with E-state index >= 15 is 0 Å². The zero-order valence-corrected chi connectivity index (χ0v) is 7.48. The van der Waals surface area contributed by atoms with Gasteiger partial charge >= 0.3 is 0 Å². The van der Waals surface area contributed by atoms with Gasteiger partial charge in [-0.25, -0.2) is 0 Å². The summed E-state index contributed by atoms with van der Waals surface area (Å²) in [5.74, 6) is 0. The third-order valence-electron chi connectivity index (χ3n) is 2.10. The zero-order valence-electron chi connectivity index (χ0n) is 7.48. The highest BCUT2D eigenvalue weighted by Gasteiger charge is 2.13. The van der Waals surface area contributed by atoms with Crippen molar-refractivity contribution in [3.8, 4) is 0 Å². The van der Waals surface area contributed by atoms with E-state index in [1.807, 2.05) is 0 Å². The molecular weight excluding hydrogens is 134 g/mol. The van der Waals surface area contributed by atoms with E-state index in [4.69, 9.17) is 5.73 Å². The molecule has 0 atom stereocenters. The van der Waals surface area contributed by atoms with Crippen molar-refractivity contribution in [2.45, 2.75) is 39.5 Å². The molecule has 1 rings (SSSR count). The van der Waals surface area contributed by atoms with Gasteiger partial charge in [0.15, 0.2) is 0 Å². The molecule has 1 nitrogen and oxygen atoms in total. The molecule has 0 aromatic rings. The van der Waals surface area contributed by atoms with Crippen LogP contribution < -0.4 is 5.73 Å². The first kappa shape index (κ1) is 8.38. The third-order valence-corrected chi connectivity index (χ3v) is 2.10. The SMILES string of the molecule is CCCCC/C(N)=C1C=C\1C. The van der Waals surface area contributed by atoms with Crippen LogP contribution in [0.3, 0.4) is 0 Å². The van der Waals surface area contributed by atoms with Crippen molar-refractivity contribution in [3.05, 3.63) is 22.9 Å². The Morgan fingerprint density at radius 2 is 2.09 bits per heavy atom. The van der Waals surface area contributed by atoms with Crippen molar-refractivity contribution in [1.29, 1.82) is 0 Å². The number of nitrogens with two attached hydrogens (primary N) is 1. The monoisotopic (exact) mass is 151 g/mol. The average Bonchev–Trinajstić information content (AvgIpc) is 2.67. The number of hydrogen-bond acceptors (Lipinski definition) is 1. The second-order valence-electron chi connectivity index (χ2n) is 3.22. The lowest BCUT2D eigenvalue weighted by Gasteiger charge is -1.98. The van der Waals surface area contributed by atoms with Crippen LogP contribution in [0.15, 0.2) is 22.9 Å². The Labute approximate surface area is 69.0 Å². The summed E-state index contributed by atoms with van der Waals surface area (Å²) in [7, 11) is 0. The summed E-state index contributed by atoms with van der Waals surface area (Å²) in [6.07, 6.45) is 7.05. The fraction of sp³-hybridized carbons (Fsp3) is 0.600. The molecule has 0 spiro atoms. The van der Waals surface area contributed by atoms with Crippen molar-refractivity contribution >= 4 is 0 Å². The summed E-state index contributed by atoms with van der Waals surface area (Å²) < 4.78 is 0. The van der Waals surface area contributed by atoms with Crippen LogP contribution in [0.4, 0.5) is 0 Å². The van der Waals surface area contributed by atoms with Crippen molar-refractivity contribution < 1.29 is 0 Å². The van der Waals surface area contributed by atoms with E-state index in [2.05, 4.69) is 19.9 Å². The van der Waals surface area contributed by atoms with Gasteiger partial charge in [0.25, 0.3) is 0 Å². The maximum Gasteiger partial charge on any atom is 0.0157 e. The van der Waals surface area contributed by atoms with Crippen LogP contribution in [-0.2, 0) is 0 Å². The number of hydrogen-bond donors (Lipinski definition) is 1. The minimum Gasteiger partial charge on any atom is -0.402 e. The van der Waals surface area contributed by atoms with E-state index in [1.165, 1.54) is 30.4 Å². The number of unbranched alkanes of at least 4 members (excludes halogenated alkanes) is 2. The molecule has 11 heavy (non-hydrogen) atoms. The maximum atomic E-state index is 5.84. The molecule has 1 aliphatic rings. The second kappa shape index (κ2) is 3.61. The van der Waals surface area contributed by atoms with E-state index in [9.17, 15) is 0 Å². The van der Waals surface area contributed by atoms with Crippen LogP contribution in [-0.4, -0.2) is 0 Å². The number of rotatable bonds is 4. The van der Waals surface area contributed by atoms with Gasteiger partial charge < -0.3 is 5.73 Å². The van der Waals surface area contributed by atoms with E-state index < -0.39 is 0 Å². The normalized spacial score (nSPS) is 19.6. The predicted octanol–water partition coefficient (Wildman–Crippen LogP) is 2.74. The van der Waals surface area contributed by atoms with Gasteiger partial charge in [0.2, 0.25) is 0 Å². The molecule has 0 saturated heterocycles. The Morgan fingerprint density at radius 1 is 1.45 bits per heavy atom. The van der Waals surface area contributed by atoms with Crippen molar-refractivity contribution in [3.63, 3.8) is 0 Å². The van der Waals surface area contributed by atoms with Gasteiger partial charge in [0.1, 0.15) is 0 Å². The Hall–Kier alpha value is -0.720. The topological polar surface area (TPSA) is 26.0 Å². The maximum absolute atomic E-state index is 5.84. The molecule has 0 aliphatic heterocycles. The van der Waals surface area contributed by atoms with Crippen LogP contribution >= 0.6 is 0 Å². The fourth-order valence-electron chi connectivity index (χ4n) is 1.23. The molecule has 0 aromatic heterocycles. The van der Waals surface area contributed by atoms with Gasteiger partial charge in [-0.15, -0.1) is 0 Å². The van der Waals surface area contributed by atoms with E-state index in [0.717, 1.165) is 12.1 Å². The van der Waals surface area contributed by atoms with Gasteiger partial charge in [-0.2, -0.15) is 0 Å². The summed E-state index contributed by atoms with van der Waals surface area (Å²) in [5.41, 5.74) is 9.63. The first-order valence-electron chi connectivity index (χ1n) is 4.43. The lowest BCUT2D eigenvalue weighted by atomic mass is 10.1. The summed E-state index contributed by atoms with van der Waals surface area (Å²) in [4.78, 5) is 0. The quantitative estimate of drug-likeness (QED) is 0.614.